The van der Waals surface area contributed by atoms with Gasteiger partial charge in [0.2, 0.25) is 0 Å². The Morgan fingerprint density at radius 1 is 1.46 bits per heavy atom. The normalized spacial score (nSPS) is 25.3. The molecule has 1 spiro atoms. The molecule has 126 valence electrons. The largest absolute Gasteiger partial charge is 0.338 e. The number of rotatable bonds is 5. The second-order valence-electron chi connectivity index (χ2n) is 7.09. The second kappa shape index (κ2) is 5.92. The number of benzene rings is 1. The highest BCUT2D eigenvalue weighted by Gasteiger charge is 2.57. The van der Waals surface area contributed by atoms with Crippen LogP contribution in [0.2, 0.25) is 0 Å². The van der Waals surface area contributed by atoms with Gasteiger partial charge in [0.1, 0.15) is 12.7 Å². The van der Waals surface area contributed by atoms with Gasteiger partial charge in [-0.15, -0.1) is 0 Å². The van der Waals surface area contributed by atoms with Gasteiger partial charge in [-0.05, 0) is 43.2 Å². The molecule has 2 N–H and O–H groups in total. The molecular formula is C18H23N5O. The minimum absolute atomic E-state index is 0.00655. The Balaban J connectivity index is 1.26. The minimum atomic E-state index is -0.101. The van der Waals surface area contributed by atoms with E-state index in [9.17, 15) is 4.79 Å². The van der Waals surface area contributed by atoms with Crippen LogP contribution in [0.4, 0.5) is 4.79 Å². The Morgan fingerprint density at radius 2 is 2.33 bits per heavy atom. The lowest BCUT2D eigenvalue weighted by molar-refractivity contribution is 0.235. The van der Waals surface area contributed by atoms with Crippen molar-refractivity contribution in [3.63, 3.8) is 0 Å². The Labute approximate surface area is 141 Å². The molecule has 6 heteroatoms. The van der Waals surface area contributed by atoms with Gasteiger partial charge in [-0.1, -0.05) is 24.3 Å². The Hall–Kier alpha value is -2.37. The van der Waals surface area contributed by atoms with Gasteiger partial charge in [-0.3, -0.25) is 4.68 Å². The summed E-state index contributed by atoms with van der Waals surface area (Å²) in [5, 5.41) is 10.1. The van der Waals surface area contributed by atoms with Crippen molar-refractivity contribution in [2.24, 2.45) is 5.92 Å². The van der Waals surface area contributed by atoms with Gasteiger partial charge in [0.05, 0.1) is 6.54 Å². The Bertz CT molecular complexity index is 729. The lowest BCUT2D eigenvalue weighted by Crippen LogP contribution is -2.43. The number of aromatic nitrogens is 3. The molecule has 0 bridgehead atoms. The lowest BCUT2D eigenvalue weighted by Gasteiger charge is -2.15. The first-order valence-corrected chi connectivity index (χ1v) is 8.62. The number of nitrogens with zero attached hydrogens (tertiary/aromatic N) is 3. The summed E-state index contributed by atoms with van der Waals surface area (Å²) in [5.74, 6) is 0.567. The minimum Gasteiger partial charge on any atom is -0.338 e. The van der Waals surface area contributed by atoms with Crippen LogP contribution >= 0.6 is 0 Å². The third-order valence-corrected chi connectivity index (χ3v) is 5.44. The summed E-state index contributed by atoms with van der Waals surface area (Å²) in [6.45, 7) is 3.33. The van der Waals surface area contributed by atoms with Crippen LogP contribution in [0, 0.1) is 5.92 Å². The molecule has 4 rings (SSSR count). The molecule has 1 aromatic carbocycles. The van der Waals surface area contributed by atoms with Gasteiger partial charge >= 0.3 is 6.03 Å². The van der Waals surface area contributed by atoms with E-state index in [0.29, 0.717) is 17.9 Å². The molecular weight excluding hydrogens is 302 g/mol. The molecule has 6 nitrogen and oxygen atoms in total. The van der Waals surface area contributed by atoms with Crippen molar-refractivity contribution in [2.45, 2.75) is 44.2 Å². The van der Waals surface area contributed by atoms with Crippen molar-refractivity contribution in [3.05, 3.63) is 48.0 Å². The molecule has 2 aliphatic rings. The highest BCUT2D eigenvalue weighted by molar-refractivity contribution is 5.74. The maximum atomic E-state index is 12.1. The molecule has 0 unspecified atom stereocenters. The molecule has 0 radical (unpaired) electrons. The summed E-state index contributed by atoms with van der Waals surface area (Å²) in [4.78, 5) is 16.0. The van der Waals surface area contributed by atoms with Crippen molar-refractivity contribution in [2.75, 3.05) is 6.54 Å². The smallest absolute Gasteiger partial charge is 0.315 e. The van der Waals surface area contributed by atoms with E-state index in [2.05, 4.69) is 45.0 Å². The van der Waals surface area contributed by atoms with Gasteiger partial charge in [-0.25, -0.2) is 9.78 Å². The summed E-state index contributed by atoms with van der Waals surface area (Å²) < 4.78 is 1.72. The molecule has 2 amide bonds. The summed E-state index contributed by atoms with van der Waals surface area (Å²) in [7, 11) is 0. The van der Waals surface area contributed by atoms with Crippen molar-refractivity contribution in [1.29, 1.82) is 0 Å². The first kappa shape index (κ1) is 15.2. The highest BCUT2D eigenvalue weighted by atomic mass is 16.2. The number of hydrogen-bond donors (Lipinski definition) is 2. The van der Waals surface area contributed by atoms with E-state index in [-0.39, 0.29) is 12.1 Å². The standard InChI is InChI=1S/C18H23N5O/c1-13(10-23-12-19-11-21-23)22-17(24)20-9-15-8-18(15)7-6-14-4-2-3-5-16(14)18/h2-5,11-13,15H,6-10H2,1H3,(H2,20,22,24)/t13-,15-,18+/m1/s1. The van der Waals surface area contributed by atoms with Crippen LogP contribution in [0.15, 0.2) is 36.9 Å². The summed E-state index contributed by atoms with van der Waals surface area (Å²) in [5.41, 5.74) is 3.33. The molecule has 24 heavy (non-hydrogen) atoms. The zero-order chi connectivity index (χ0) is 16.6. The number of nitrogens with one attached hydrogen (secondary N) is 2. The van der Waals surface area contributed by atoms with Crippen LogP contribution in [-0.2, 0) is 18.4 Å². The van der Waals surface area contributed by atoms with Crippen molar-refractivity contribution < 1.29 is 4.79 Å². The molecule has 2 aliphatic carbocycles. The predicted molar refractivity (Wildman–Crippen MR) is 90.6 cm³/mol. The van der Waals surface area contributed by atoms with E-state index in [4.69, 9.17) is 0 Å². The topological polar surface area (TPSA) is 71.8 Å². The third-order valence-electron chi connectivity index (χ3n) is 5.44. The number of hydrogen-bond acceptors (Lipinski definition) is 3. The average molecular weight is 325 g/mol. The number of carbonyl (C=O) groups excluding carboxylic acids is 1. The van der Waals surface area contributed by atoms with E-state index in [1.165, 1.54) is 36.7 Å². The molecule has 1 saturated carbocycles. The highest BCUT2D eigenvalue weighted by Crippen LogP contribution is 2.61. The lowest BCUT2D eigenvalue weighted by atomic mass is 9.95. The van der Waals surface area contributed by atoms with Crippen molar-refractivity contribution in [1.82, 2.24) is 25.4 Å². The van der Waals surface area contributed by atoms with Crippen LogP contribution < -0.4 is 10.6 Å². The molecule has 3 atom stereocenters. The monoisotopic (exact) mass is 325 g/mol. The molecule has 2 aromatic rings. The average Bonchev–Trinajstić information content (AvgIpc) is 2.88. The fourth-order valence-electron chi connectivity index (χ4n) is 4.14. The van der Waals surface area contributed by atoms with Crippen LogP contribution in [0.25, 0.3) is 0 Å². The van der Waals surface area contributed by atoms with Gasteiger partial charge in [0, 0.05) is 18.0 Å². The molecule has 1 heterocycles. The number of fused-ring (bicyclic) bond motifs is 2. The van der Waals surface area contributed by atoms with Crippen molar-refractivity contribution in [3.8, 4) is 0 Å². The Kier molecular flexibility index (Phi) is 3.75. The predicted octanol–water partition coefficient (Wildman–Crippen LogP) is 1.87. The van der Waals surface area contributed by atoms with E-state index >= 15 is 0 Å². The zero-order valence-electron chi connectivity index (χ0n) is 13.9. The number of amides is 2. The number of urea groups is 1. The van der Waals surface area contributed by atoms with E-state index < -0.39 is 0 Å². The van der Waals surface area contributed by atoms with Gasteiger partial charge in [0.25, 0.3) is 0 Å². The van der Waals surface area contributed by atoms with E-state index in [1.807, 2.05) is 6.92 Å². The first-order chi connectivity index (χ1) is 11.7. The Morgan fingerprint density at radius 3 is 3.17 bits per heavy atom. The van der Waals surface area contributed by atoms with Crippen LogP contribution in [0.1, 0.15) is 30.9 Å². The summed E-state index contributed by atoms with van der Waals surface area (Å²) in [6, 6.07) is 8.67. The van der Waals surface area contributed by atoms with Crippen LogP contribution in [-0.4, -0.2) is 33.4 Å². The van der Waals surface area contributed by atoms with Crippen molar-refractivity contribution >= 4 is 6.03 Å². The maximum absolute atomic E-state index is 12.1. The van der Waals surface area contributed by atoms with Gasteiger partial charge < -0.3 is 10.6 Å². The molecule has 1 aromatic heterocycles. The van der Waals surface area contributed by atoms with E-state index in [1.54, 1.807) is 11.0 Å². The summed E-state index contributed by atoms with van der Waals surface area (Å²) in [6.07, 6.45) is 6.75. The number of aryl methyl sites for hydroxylation is 1. The molecule has 0 saturated heterocycles. The molecule has 0 aliphatic heterocycles. The number of carbonyl (C=O) groups is 1. The van der Waals surface area contributed by atoms with Gasteiger partial charge in [-0.2, -0.15) is 5.10 Å². The summed E-state index contributed by atoms with van der Waals surface area (Å²) >= 11 is 0. The van der Waals surface area contributed by atoms with Gasteiger partial charge in [0.15, 0.2) is 0 Å². The second-order valence-corrected chi connectivity index (χ2v) is 7.09. The maximum Gasteiger partial charge on any atom is 0.315 e. The first-order valence-electron chi connectivity index (χ1n) is 8.62. The fourth-order valence-corrected chi connectivity index (χ4v) is 4.14. The van der Waals surface area contributed by atoms with Crippen LogP contribution in [0.3, 0.4) is 0 Å². The van der Waals surface area contributed by atoms with E-state index in [0.717, 1.165) is 6.54 Å². The fraction of sp³-hybridized carbons (Fsp3) is 0.500. The molecule has 1 fully saturated rings. The van der Waals surface area contributed by atoms with Crippen LogP contribution in [0.5, 0.6) is 0 Å². The zero-order valence-corrected chi connectivity index (χ0v) is 13.9. The third kappa shape index (κ3) is 2.77. The SMILES string of the molecule is C[C@H](Cn1cncn1)NC(=O)NC[C@H]1C[C@@]12CCc1ccccc12. The quantitative estimate of drug-likeness (QED) is 0.881.